The lowest BCUT2D eigenvalue weighted by molar-refractivity contribution is -0.137. The first-order valence-corrected chi connectivity index (χ1v) is 32.0. The van der Waals surface area contributed by atoms with E-state index in [4.69, 9.17) is 31.4 Å². The van der Waals surface area contributed by atoms with Crippen LogP contribution < -0.4 is 68.7 Å². The number of pyridine rings is 1. The Labute approximate surface area is 538 Å². The molecule has 1 aliphatic carbocycles. The molecule has 6 amide bonds. The normalized spacial score (nSPS) is 12.8. The first-order valence-electron chi connectivity index (χ1n) is 32.0. The molecule has 0 radical (unpaired) electrons. The van der Waals surface area contributed by atoms with Crippen molar-refractivity contribution in [1.29, 1.82) is 0 Å². The predicted octanol–water partition coefficient (Wildman–Crippen LogP) is 5.18. The molecule has 0 fully saturated rings. The van der Waals surface area contributed by atoms with E-state index in [0.717, 1.165) is 54.5 Å². The van der Waals surface area contributed by atoms with Gasteiger partial charge in [0, 0.05) is 60.8 Å². The van der Waals surface area contributed by atoms with Gasteiger partial charge < -0.3 is 73.5 Å². The quantitative estimate of drug-likeness (QED) is 0.0117. The number of phenolic OH excluding ortho intramolecular Hbond substituents is 1. The highest BCUT2D eigenvalue weighted by Gasteiger charge is 2.30. The van der Waals surface area contributed by atoms with Gasteiger partial charge in [0.2, 0.25) is 29.5 Å². The van der Waals surface area contributed by atoms with Crippen LogP contribution in [0.3, 0.4) is 0 Å². The van der Waals surface area contributed by atoms with E-state index >= 15 is 0 Å². The summed E-state index contributed by atoms with van der Waals surface area (Å²) in [4.78, 5) is 109. The minimum Gasteiger partial charge on any atom is -0.507 e. The first-order chi connectivity index (χ1) is 44.6. The number of phenols is 1. The number of hydrogen-bond acceptors (Lipinski definition) is 18. The number of para-hydroxylation sites is 1. The molecule has 25 heteroatoms. The highest BCUT2D eigenvalue weighted by Crippen LogP contribution is 2.33. The van der Waals surface area contributed by atoms with E-state index in [0.29, 0.717) is 126 Å². The zero-order chi connectivity index (χ0) is 66.3. The van der Waals surface area contributed by atoms with Crippen molar-refractivity contribution in [2.75, 3.05) is 64.5 Å². The number of rotatable bonds is 46. The zero-order valence-corrected chi connectivity index (χ0v) is 52.7. The number of hydrogen-bond donors (Lipinski definition) is 12. The third-order valence-corrected chi connectivity index (χ3v) is 15.1. The van der Waals surface area contributed by atoms with Crippen LogP contribution in [-0.2, 0) is 48.0 Å². The molecule has 3 atom stereocenters. The van der Waals surface area contributed by atoms with Crippen LogP contribution in [0.1, 0.15) is 159 Å². The fourth-order valence-corrected chi connectivity index (χ4v) is 10.2. The molecule has 1 heterocycles. The molecular formula is C67H94N12O13. The number of nitrogens with zero attached hydrogens (tertiary/aromatic N) is 2. The molecule has 0 saturated heterocycles. The Bertz CT molecular complexity index is 3050. The van der Waals surface area contributed by atoms with Crippen LogP contribution in [0.5, 0.6) is 23.0 Å². The van der Waals surface area contributed by atoms with E-state index in [-0.39, 0.29) is 81.2 Å². The predicted molar refractivity (Wildman–Crippen MR) is 351 cm³/mol. The lowest BCUT2D eigenvalue weighted by atomic mass is 9.86. The summed E-state index contributed by atoms with van der Waals surface area (Å²) < 4.78 is 18.4. The third-order valence-electron chi connectivity index (χ3n) is 15.1. The molecule has 3 aromatic carbocycles. The second-order valence-electron chi connectivity index (χ2n) is 22.3. The molecule has 4 aromatic rings. The Morgan fingerprint density at radius 2 is 1.23 bits per heavy atom. The monoisotopic (exact) mass is 1270 g/mol. The molecule has 500 valence electrons. The molecule has 0 aliphatic heterocycles. The van der Waals surface area contributed by atoms with Gasteiger partial charge >= 0.3 is 5.97 Å². The number of carboxylic acids is 1. The second-order valence-corrected chi connectivity index (χ2v) is 22.3. The van der Waals surface area contributed by atoms with Gasteiger partial charge in [0.15, 0.2) is 5.78 Å². The van der Waals surface area contributed by atoms with Crippen molar-refractivity contribution in [3.05, 3.63) is 119 Å². The number of aliphatic carboxylic acids is 1. The summed E-state index contributed by atoms with van der Waals surface area (Å²) in [5.41, 5.74) is 24.2. The number of amides is 6. The summed E-state index contributed by atoms with van der Waals surface area (Å²) in [6, 6.07) is 15.5. The SMILES string of the molecule is C=CCc1c(OCCCCCOc2cccc(OCCCC(=O)NCCCNC(=O)C(CCCCN)NC(=O)C(CCCCN)NC(=O)C(CCCCN)NC(=O)CNC(=O)c3ccc(N/N=C/c4ccccc4O)nc3)c2CCC(=O)O)ccc2c1CCCC2=O. The van der Waals surface area contributed by atoms with Gasteiger partial charge in [-0.2, -0.15) is 5.10 Å². The standard InChI is InChI=1S/C67H94N12O13/c1-2-18-50-48-20-14-25-56(81)49(48)30-32-59(50)91-41-13-3-12-40-90-57-26-15-27-58(51(57)31-34-63(84)85)92-42-16-28-61(82)71-38-17-39-72-65(87)52(21-6-9-35-68)77-67(89)54(23-8-11-37-70)78-66(88)53(22-7-10-36-69)76-62(83)45-74-64(86)47-29-33-60(73-43-47)79-75-44-46-19-4-5-24-55(46)80/h2,4-5,15,19,24,26-27,29-30,32-33,43-44,52-54,80H,1,3,6-14,16-18,20-23,25,28,31,34-42,45,68-70H2,(H,71,82)(H,72,87)(H,73,79)(H,74,86)(H,76,83)(H,77,89)(H,78,88)(H,84,85)/b75-44+. The number of carboxylic acid groups (broad SMARTS) is 1. The van der Waals surface area contributed by atoms with Crippen LogP contribution in [0.4, 0.5) is 5.82 Å². The Morgan fingerprint density at radius 3 is 1.84 bits per heavy atom. The minimum atomic E-state index is -1.11. The van der Waals surface area contributed by atoms with Gasteiger partial charge in [-0.1, -0.05) is 24.3 Å². The zero-order valence-electron chi connectivity index (χ0n) is 52.7. The molecule has 0 bridgehead atoms. The van der Waals surface area contributed by atoms with Crippen LogP contribution in [0.25, 0.3) is 0 Å². The fourth-order valence-electron chi connectivity index (χ4n) is 10.2. The molecule has 25 nitrogen and oxygen atoms in total. The number of allylic oxidation sites excluding steroid dienone is 1. The van der Waals surface area contributed by atoms with Crippen LogP contribution >= 0.6 is 0 Å². The number of ether oxygens (including phenoxy) is 3. The van der Waals surface area contributed by atoms with Crippen LogP contribution in [-0.4, -0.2) is 146 Å². The van der Waals surface area contributed by atoms with Crippen LogP contribution in [0.2, 0.25) is 0 Å². The molecule has 1 aromatic heterocycles. The van der Waals surface area contributed by atoms with E-state index in [1.807, 2.05) is 18.2 Å². The highest BCUT2D eigenvalue weighted by atomic mass is 16.5. The summed E-state index contributed by atoms with van der Waals surface area (Å²) in [7, 11) is 0. The van der Waals surface area contributed by atoms with Gasteiger partial charge in [-0.3, -0.25) is 43.8 Å². The Morgan fingerprint density at radius 1 is 0.620 bits per heavy atom. The van der Waals surface area contributed by atoms with Crippen molar-refractivity contribution < 1.29 is 62.8 Å². The summed E-state index contributed by atoms with van der Waals surface area (Å²) >= 11 is 0. The fraction of sp³-hybridized carbons (Fsp3) is 0.493. The maximum absolute atomic E-state index is 14.0. The van der Waals surface area contributed by atoms with E-state index in [1.165, 1.54) is 30.6 Å². The van der Waals surface area contributed by atoms with Gasteiger partial charge in [0.05, 0.1) is 38.1 Å². The number of benzene rings is 3. The number of ketones is 1. The van der Waals surface area contributed by atoms with Crippen LogP contribution in [0, 0.1) is 0 Å². The minimum absolute atomic E-state index is 0.0517. The summed E-state index contributed by atoms with van der Waals surface area (Å²) in [6.45, 7) is 5.97. The molecule has 1 aliphatic rings. The second kappa shape index (κ2) is 42.2. The number of nitrogens with two attached hydrogens (primary N) is 3. The lowest BCUT2D eigenvalue weighted by Gasteiger charge is -2.25. The molecule has 5 rings (SSSR count). The number of Topliss-reactive ketones (excluding diaryl/α,β-unsaturated/α-hetero) is 1. The summed E-state index contributed by atoms with van der Waals surface area (Å²) in [5.74, 6) is -1.84. The van der Waals surface area contributed by atoms with Crippen molar-refractivity contribution >= 4 is 59.2 Å². The molecule has 15 N–H and O–H groups in total. The van der Waals surface area contributed by atoms with Gasteiger partial charge in [0.1, 0.15) is 46.9 Å². The Hall–Kier alpha value is -8.94. The number of aromatic nitrogens is 1. The average Bonchev–Trinajstić information content (AvgIpc) is 0.848. The molecule has 3 unspecified atom stereocenters. The average molecular weight is 1280 g/mol. The van der Waals surface area contributed by atoms with E-state index in [2.05, 4.69) is 54.0 Å². The van der Waals surface area contributed by atoms with Crippen molar-refractivity contribution in [3.63, 3.8) is 0 Å². The maximum Gasteiger partial charge on any atom is 0.303 e. The van der Waals surface area contributed by atoms with E-state index in [1.54, 1.807) is 36.4 Å². The number of anilines is 1. The smallest absolute Gasteiger partial charge is 0.303 e. The molecule has 92 heavy (non-hydrogen) atoms. The number of fused-ring (bicyclic) bond motifs is 1. The van der Waals surface area contributed by atoms with Crippen molar-refractivity contribution in [2.45, 2.75) is 153 Å². The third kappa shape index (κ3) is 26.5. The number of hydrazone groups is 1. The number of carbonyl (C=O) groups is 8. The Kier molecular flexibility index (Phi) is 33.8. The van der Waals surface area contributed by atoms with Gasteiger partial charge in [-0.05, 0) is 189 Å². The first kappa shape index (κ1) is 73.8. The number of carbonyl (C=O) groups excluding carboxylic acids is 7. The van der Waals surface area contributed by atoms with Gasteiger partial charge in [-0.15, -0.1) is 6.58 Å². The van der Waals surface area contributed by atoms with Crippen molar-refractivity contribution in [3.8, 4) is 23.0 Å². The maximum atomic E-state index is 14.0. The van der Waals surface area contributed by atoms with Gasteiger partial charge in [-0.25, -0.2) is 4.98 Å². The van der Waals surface area contributed by atoms with E-state index < -0.39 is 60.2 Å². The summed E-state index contributed by atoms with van der Waals surface area (Å²) in [5, 5.41) is 40.0. The summed E-state index contributed by atoms with van der Waals surface area (Å²) in [6.07, 6.45) is 14.4. The largest absolute Gasteiger partial charge is 0.507 e. The molecular weight excluding hydrogens is 1180 g/mol. The topological polar surface area (TPSA) is 392 Å². The van der Waals surface area contributed by atoms with Gasteiger partial charge in [0.25, 0.3) is 5.91 Å². The molecule has 0 spiro atoms. The number of nitrogens with one attached hydrogen (secondary N) is 7. The van der Waals surface area contributed by atoms with Crippen molar-refractivity contribution in [1.82, 2.24) is 36.9 Å². The Balaban J connectivity index is 1.04. The number of aromatic hydroxyl groups is 1. The number of unbranched alkanes of at least 4 members (excludes halogenated alkanes) is 5. The lowest BCUT2D eigenvalue weighted by Crippen LogP contribution is -2.57. The van der Waals surface area contributed by atoms with Crippen molar-refractivity contribution in [2.24, 2.45) is 22.3 Å². The highest BCUT2D eigenvalue weighted by molar-refractivity contribution is 5.99. The van der Waals surface area contributed by atoms with E-state index in [9.17, 15) is 48.6 Å². The van der Waals surface area contributed by atoms with Crippen LogP contribution in [0.15, 0.2) is 90.7 Å². The molecule has 0 saturated carbocycles.